The number of hydrogen-bond donors (Lipinski definition) is 10. The van der Waals surface area contributed by atoms with Crippen LogP contribution in [-0.4, -0.2) is 153 Å². The lowest BCUT2D eigenvalue weighted by Gasteiger charge is -2.42. The van der Waals surface area contributed by atoms with Crippen LogP contribution in [0.4, 0.5) is 17.2 Å². The highest BCUT2D eigenvalue weighted by molar-refractivity contribution is 8.76. The molecule has 0 aliphatic carbocycles. The predicted octanol–water partition coefficient (Wildman–Crippen LogP) is 7.04. The van der Waals surface area contributed by atoms with Gasteiger partial charge in [-0.3, -0.25) is 28.3 Å². The summed E-state index contributed by atoms with van der Waals surface area (Å²) in [7, 11) is -14.3. The Morgan fingerprint density at radius 2 is 1.64 bits per heavy atom. The average molecular weight is 1470 g/mol. The van der Waals surface area contributed by atoms with Crippen LogP contribution >= 0.6 is 45.1 Å². The maximum absolute atomic E-state index is 14.7. The van der Waals surface area contributed by atoms with Crippen molar-refractivity contribution >= 4 is 97.5 Å². The molecule has 3 aromatic carbocycles. The number of allylic oxidation sites excluding steroid dienone is 1. The summed E-state index contributed by atoms with van der Waals surface area (Å²) in [6.07, 6.45) is -0.616. The maximum atomic E-state index is 14.7. The zero-order valence-electron chi connectivity index (χ0n) is 54.9. The number of nitrogens with two attached hydrogens (primary N) is 1. The first kappa shape index (κ1) is 75.0. The minimum absolute atomic E-state index is 0.00809. The van der Waals surface area contributed by atoms with Crippen LogP contribution in [0.25, 0.3) is 0 Å². The molecule has 99 heavy (non-hydrogen) atoms. The number of amides is 2. The molecule has 11 N–H and O–H groups in total. The highest BCUT2D eigenvalue weighted by Crippen LogP contribution is 2.66. The topological polar surface area (TPSA) is 425 Å². The summed E-state index contributed by atoms with van der Waals surface area (Å²) in [5, 5.41) is 35.3. The number of rotatable bonds is 29. The molecule has 6 aliphatic rings. The fraction of sp³-hybridized carbons (Fsp3) is 0.477. The third-order valence-corrected chi connectivity index (χ3v) is 24.6. The summed E-state index contributed by atoms with van der Waals surface area (Å²) in [5.41, 5.74) is 16.5. The summed E-state index contributed by atoms with van der Waals surface area (Å²) in [4.78, 5) is 123. The van der Waals surface area contributed by atoms with E-state index < -0.39 is 120 Å². The fourth-order valence-corrected chi connectivity index (χ4v) is 19.1. The number of aromatic nitrogens is 2. The van der Waals surface area contributed by atoms with Crippen molar-refractivity contribution in [3.05, 3.63) is 140 Å². The molecule has 29 nitrogen and oxygen atoms in total. The second-order valence-corrected chi connectivity index (χ2v) is 32.9. The molecule has 1 saturated heterocycles. The van der Waals surface area contributed by atoms with Crippen LogP contribution in [0.3, 0.4) is 0 Å². The highest BCUT2D eigenvalue weighted by atomic mass is 33.1. The number of phosphoric acid groups is 3. The number of carboxylic acid groups (broad SMARTS) is 2. The number of benzene rings is 3. The number of ether oxygens (including phenoxy) is 3. The molecule has 11 unspecified atom stereocenters. The molecule has 0 spiro atoms. The number of aliphatic hydroxyl groups excluding tert-OH is 1. The minimum Gasteiger partial charge on any atom is -0.481 e. The monoisotopic (exact) mass is 1470 g/mol. The molecular weight excluding hydrogens is 1390 g/mol. The van der Waals surface area contributed by atoms with Gasteiger partial charge < -0.3 is 70.4 Å². The van der Waals surface area contributed by atoms with Gasteiger partial charge in [0.05, 0.1) is 60.7 Å². The molecule has 532 valence electrons. The van der Waals surface area contributed by atoms with E-state index in [4.69, 9.17) is 29.7 Å². The normalized spacial score (nSPS) is 22.6. The number of nitrogens with one attached hydrogen (secondary N) is 2. The first-order chi connectivity index (χ1) is 46.6. The number of carbonyl (C=O) groups is 5. The van der Waals surface area contributed by atoms with Crippen LogP contribution in [0.1, 0.15) is 131 Å². The molecule has 34 heteroatoms. The van der Waals surface area contributed by atoms with Crippen molar-refractivity contribution in [2.45, 2.75) is 158 Å². The molecule has 11 atom stereocenters. The largest absolute Gasteiger partial charge is 0.490 e. The number of aliphatic carboxylic acids is 2. The molecule has 2 amide bonds. The van der Waals surface area contributed by atoms with Crippen LogP contribution < -0.4 is 27.0 Å². The van der Waals surface area contributed by atoms with E-state index in [9.17, 15) is 67.6 Å². The first-order valence-electron chi connectivity index (χ1n) is 31.9. The first-order valence-corrected chi connectivity index (χ1v) is 38.8. The second kappa shape index (κ2) is 30.5. The predicted molar refractivity (Wildman–Crippen MR) is 363 cm³/mol. The number of phosphoric ester groups is 1. The van der Waals surface area contributed by atoms with Gasteiger partial charge in [0.2, 0.25) is 17.5 Å². The van der Waals surface area contributed by atoms with Crippen molar-refractivity contribution in [2.75, 3.05) is 42.9 Å². The number of anilines is 2. The van der Waals surface area contributed by atoms with Gasteiger partial charge >= 0.3 is 41.1 Å². The number of nitrogen functional groups attached to an aromatic ring is 1. The van der Waals surface area contributed by atoms with E-state index in [-0.39, 0.29) is 78.9 Å². The molecule has 6 aliphatic heterocycles. The van der Waals surface area contributed by atoms with Crippen LogP contribution in [-0.2, 0) is 82.3 Å². The lowest BCUT2D eigenvalue weighted by molar-refractivity contribution is -0.445. The van der Waals surface area contributed by atoms with Crippen molar-refractivity contribution in [2.24, 2.45) is 5.92 Å². The van der Waals surface area contributed by atoms with Crippen molar-refractivity contribution in [3.63, 3.8) is 0 Å². The van der Waals surface area contributed by atoms with E-state index in [2.05, 4.69) is 109 Å². The number of carboxylic acids is 2. The van der Waals surface area contributed by atoms with E-state index in [1.54, 1.807) is 0 Å². The van der Waals surface area contributed by atoms with Gasteiger partial charge in [-0.25, -0.2) is 23.3 Å². The lowest BCUT2D eigenvalue weighted by atomic mass is 9.73. The van der Waals surface area contributed by atoms with Crippen molar-refractivity contribution < 1.29 is 104 Å². The van der Waals surface area contributed by atoms with E-state index in [1.807, 2.05) is 48.5 Å². The van der Waals surface area contributed by atoms with Crippen molar-refractivity contribution in [1.29, 1.82) is 0 Å². The van der Waals surface area contributed by atoms with Crippen molar-refractivity contribution in [3.8, 4) is 11.8 Å². The number of fused-ring (bicyclic) bond motifs is 8. The Hall–Kier alpha value is -6.65. The van der Waals surface area contributed by atoms with Gasteiger partial charge in [0.25, 0.3) is 0 Å². The number of aryl methyl sites for hydroxylation is 1. The lowest BCUT2D eigenvalue weighted by Crippen LogP contribution is -2.47. The molecule has 10 rings (SSSR count). The average Bonchev–Trinajstić information content (AvgIpc) is 1.56. The molecule has 0 saturated carbocycles. The molecule has 0 bridgehead atoms. The smallest absolute Gasteiger partial charge is 0.481 e. The van der Waals surface area contributed by atoms with E-state index in [0.717, 1.165) is 58.6 Å². The number of hydrogen-bond acceptors (Lipinski definition) is 21. The summed E-state index contributed by atoms with van der Waals surface area (Å²) < 4.78 is 68.8. The molecule has 7 heterocycles. The van der Waals surface area contributed by atoms with Crippen LogP contribution in [0.2, 0.25) is 0 Å². The van der Waals surface area contributed by atoms with Gasteiger partial charge in [-0.1, -0.05) is 108 Å². The highest BCUT2D eigenvalue weighted by Gasteiger charge is 2.55. The third kappa shape index (κ3) is 17.5. The Labute approximate surface area is 577 Å². The summed E-state index contributed by atoms with van der Waals surface area (Å²) >= 11 is 0. The second-order valence-electron chi connectivity index (χ2n) is 25.9. The van der Waals surface area contributed by atoms with Gasteiger partial charge in [-0.2, -0.15) is 18.2 Å². The fourth-order valence-electron chi connectivity index (χ4n) is 13.7. The maximum Gasteiger partial charge on any atom is 0.490 e. The van der Waals surface area contributed by atoms with E-state index in [1.165, 1.54) is 62.8 Å². The van der Waals surface area contributed by atoms with Crippen molar-refractivity contribution in [1.82, 2.24) is 20.2 Å². The molecular formula is C65H79N7O22P3S2+. The standard InChI is InChI=1S/C65H78N7O22P3S2/c1-7-45(62(79)80)68-61(78)40(30-57(76)77)29-49(73)46(67-55(75)28-37-16-19-48-44(27-37)65(5,6)59-42-31-41-51(91-52(42)22-24-71(48)59)21-23-70-47-18-15-36(2)26-43(47)64(3,4)58(41)70)17-20-54(38-12-9-8-10-13-38)99-98-35-89-25-11-14-39-33-72(63(81)69-60(39)66)56-32-50(74)53(92-56)34-90-96(85,86)94-97(87,88)93-95(82,83)84/h8-10,12-13,15-16,18-19,26-27,31,33,40,45-46,50-54,56,74H,7,17,20-25,28-30,32,34-35H2,1-6H3,(H9-,66,67,68,69,75,76,77,78,79,80,81,82,83,84,85,86,87,88)/p+1. The molecule has 4 aromatic rings. The minimum atomic E-state index is -5.83. The Balaban J connectivity index is 0.808. The number of nitrogens with zero attached hydrogens (tertiary/aromatic N) is 4. The SMILES string of the molecule is CCC(NC(=O)C(CC(=O)O)CC(=O)C(CCC(SSCOCC#Cc1cn(C2CC(O)C(COP(=O)(O)OP(=O)(O)OP(=O)(O)O)O2)c(=O)nc1N)c1ccccc1)NC(=O)Cc1ccc2c(c1)C(C)(C)C1=[N+]2CCC2OC3CCN4C(=C3C=C12)C(C)(C)c1cc(C)ccc14)C(=O)O. The zero-order valence-corrected chi connectivity index (χ0v) is 59.2. The van der Waals surface area contributed by atoms with Crippen LogP contribution in [0.5, 0.6) is 0 Å². The van der Waals surface area contributed by atoms with Gasteiger partial charge in [0, 0.05) is 76.8 Å². The van der Waals surface area contributed by atoms with Crippen LogP contribution in [0.15, 0.2) is 101 Å². The molecule has 0 radical (unpaired) electrons. The Morgan fingerprint density at radius 1 is 0.889 bits per heavy atom. The third-order valence-electron chi connectivity index (χ3n) is 18.2. The number of aliphatic hydroxyl groups is 1. The summed E-state index contributed by atoms with van der Waals surface area (Å²) in [5.74, 6) is -0.901. The number of carbonyl (C=O) groups excluding carboxylic acids is 3. The quantitative estimate of drug-likeness (QED) is 0.00650. The van der Waals surface area contributed by atoms with Gasteiger partial charge in [-0.05, 0) is 81.4 Å². The van der Waals surface area contributed by atoms with E-state index >= 15 is 0 Å². The van der Waals surface area contributed by atoms with Gasteiger partial charge in [0.15, 0.2) is 18.0 Å². The van der Waals surface area contributed by atoms with Gasteiger partial charge in [0.1, 0.15) is 36.7 Å². The Kier molecular flexibility index (Phi) is 23.1. The summed E-state index contributed by atoms with van der Waals surface area (Å²) in [6, 6.07) is 19.4. The summed E-state index contributed by atoms with van der Waals surface area (Å²) in [6.45, 7) is 13.1. The van der Waals surface area contributed by atoms with Crippen LogP contribution in [0, 0.1) is 24.7 Å². The van der Waals surface area contributed by atoms with Gasteiger partial charge in [-0.15, -0.1) is 0 Å². The Bertz CT molecular complexity index is 4230. The zero-order chi connectivity index (χ0) is 71.7. The van der Waals surface area contributed by atoms with E-state index in [0.29, 0.717) is 5.56 Å². The number of Topliss-reactive ketones (excluding diaryl/α,β-unsaturated/α-hetero) is 1. The number of ketones is 1. The molecule has 1 fully saturated rings. The Morgan fingerprint density at radius 3 is 2.34 bits per heavy atom. The molecule has 1 aromatic heterocycles.